The lowest BCUT2D eigenvalue weighted by atomic mass is 10.3. The first-order chi connectivity index (χ1) is 9.26. The number of morpholine rings is 1. The van der Waals surface area contributed by atoms with Crippen LogP contribution < -0.4 is 10.6 Å². The summed E-state index contributed by atoms with van der Waals surface area (Å²) >= 11 is 1.68. The Labute approximate surface area is 115 Å². The summed E-state index contributed by atoms with van der Waals surface area (Å²) in [5, 5.41) is 1.03. The van der Waals surface area contributed by atoms with E-state index in [0.29, 0.717) is 13.2 Å². The third kappa shape index (κ3) is 2.65. The molecular formula is C13H17N3O2S. The number of nitrogens with two attached hydrogens (primary N) is 1. The van der Waals surface area contributed by atoms with Gasteiger partial charge in [-0.05, 0) is 18.2 Å². The van der Waals surface area contributed by atoms with Gasteiger partial charge in [0.15, 0.2) is 5.13 Å². The van der Waals surface area contributed by atoms with E-state index in [2.05, 4.69) is 9.88 Å². The summed E-state index contributed by atoms with van der Waals surface area (Å²) in [7, 11) is 1.70. The van der Waals surface area contributed by atoms with Gasteiger partial charge in [-0.1, -0.05) is 11.3 Å². The first-order valence-electron chi connectivity index (χ1n) is 6.28. The lowest BCUT2D eigenvalue weighted by Gasteiger charge is -2.32. The predicted molar refractivity (Wildman–Crippen MR) is 77.9 cm³/mol. The molecule has 2 heterocycles. The Kier molecular flexibility index (Phi) is 3.54. The second-order valence-electron chi connectivity index (χ2n) is 4.62. The number of ether oxygens (including phenoxy) is 2. The Morgan fingerprint density at radius 2 is 2.47 bits per heavy atom. The zero-order chi connectivity index (χ0) is 13.2. The summed E-state index contributed by atoms with van der Waals surface area (Å²) in [5.41, 5.74) is 7.59. The van der Waals surface area contributed by atoms with Crippen LogP contribution in [0.2, 0.25) is 0 Å². The van der Waals surface area contributed by atoms with Gasteiger partial charge in [-0.15, -0.1) is 0 Å². The molecule has 0 saturated carbocycles. The fourth-order valence-corrected chi connectivity index (χ4v) is 3.29. The molecule has 1 aliphatic rings. The first kappa shape index (κ1) is 12.7. The fourth-order valence-electron chi connectivity index (χ4n) is 2.24. The molecule has 19 heavy (non-hydrogen) atoms. The van der Waals surface area contributed by atoms with Crippen molar-refractivity contribution in [1.82, 2.24) is 4.98 Å². The molecular weight excluding hydrogens is 262 g/mol. The number of fused-ring (bicyclic) bond motifs is 1. The molecule has 1 aliphatic heterocycles. The predicted octanol–water partition coefficient (Wildman–Crippen LogP) is 1.73. The van der Waals surface area contributed by atoms with Crippen LogP contribution in [-0.4, -0.2) is 44.5 Å². The van der Waals surface area contributed by atoms with Crippen LogP contribution in [0.1, 0.15) is 0 Å². The van der Waals surface area contributed by atoms with Crippen LogP contribution in [-0.2, 0) is 9.47 Å². The summed E-state index contributed by atoms with van der Waals surface area (Å²) in [4.78, 5) is 6.92. The van der Waals surface area contributed by atoms with Gasteiger partial charge in [0.1, 0.15) is 0 Å². The minimum absolute atomic E-state index is 0.121. The number of nitrogens with zero attached hydrogens (tertiary/aromatic N) is 2. The highest BCUT2D eigenvalue weighted by Crippen LogP contribution is 2.30. The second-order valence-corrected chi connectivity index (χ2v) is 5.63. The van der Waals surface area contributed by atoms with Gasteiger partial charge in [0.05, 0.1) is 29.5 Å². The molecule has 1 aromatic carbocycles. The van der Waals surface area contributed by atoms with Crippen molar-refractivity contribution < 1.29 is 9.47 Å². The fraction of sp³-hybridized carbons (Fsp3) is 0.462. The maximum atomic E-state index is 5.80. The molecule has 0 amide bonds. The Hall–Kier alpha value is -1.37. The van der Waals surface area contributed by atoms with E-state index in [0.717, 1.165) is 34.1 Å². The molecule has 0 bridgehead atoms. The van der Waals surface area contributed by atoms with Crippen molar-refractivity contribution in [3.63, 3.8) is 0 Å². The maximum Gasteiger partial charge on any atom is 0.186 e. The molecule has 0 radical (unpaired) electrons. The summed E-state index contributed by atoms with van der Waals surface area (Å²) < 4.78 is 11.9. The number of hydrogen-bond acceptors (Lipinski definition) is 6. The monoisotopic (exact) mass is 279 g/mol. The number of anilines is 2. The third-order valence-corrected chi connectivity index (χ3v) is 4.24. The molecule has 3 rings (SSSR count). The molecule has 1 unspecified atom stereocenters. The molecule has 1 aromatic heterocycles. The highest BCUT2D eigenvalue weighted by atomic mass is 32.1. The van der Waals surface area contributed by atoms with E-state index in [-0.39, 0.29) is 6.10 Å². The molecule has 2 aromatic rings. The standard InChI is InChI=1S/C13H17N3O2S/c1-17-8-10-7-16(4-5-18-10)13-15-11-3-2-9(14)6-12(11)19-13/h2-3,6,10H,4-5,7-8,14H2,1H3. The largest absolute Gasteiger partial charge is 0.399 e. The normalized spacial score (nSPS) is 20.1. The number of hydrogen-bond donors (Lipinski definition) is 1. The SMILES string of the molecule is COCC1CN(c2nc3ccc(N)cc3s2)CCO1. The highest BCUT2D eigenvalue weighted by Gasteiger charge is 2.22. The molecule has 6 heteroatoms. The Balaban J connectivity index is 1.83. The molecule has 1 saturated heterocycles. The number of benzene rings is 1. The summed E-state index contributed by atoms with van der Waals surface area (Å²) in [6.45, 7) is 3.03. The topological polar surface area (TPSA) is 60.6 Å². The number of rotatable bonds is 3. The van der Waals surface area contributed by atoms with Gasteiger partial charge in [0.2, 0.25) is 0 Å². The number of nitrogen functional groups attached to an aromatic ring is 1. The lowest BCUT2D eigenvalue weighted by Crippen LogP contribution is -2.44. The van der Waals surface area contributed by atoms with Crippen molar-refractivity contribution in [2.75, 3.05) is 44.0 Å². The third-order valence-electron chi connectivity index (χ3n) is 3.16. The van der Waals surface area contributed by atoms with Crippen molar-refractivity contribution in [3.8, 4) is 0 Å². The average Bonchev–Trinajstić information content (AvgIpc) is 2.82. The molecule has 0 aliphatic carbocycles. The molecule has 2 N–H and O–H groups in total. The Bertz CT molecular complexity index is 570. The van der Waals surface area contributed by atoms with Crippen molar-refractivity contribution in [3.05, 3.63) is 18.2 Å². The molecule has 1 atom stereocenters. The van der Waals surface area contributed by atoms with E-state index in [1.54, 1.807) is 18.4 Å². The van der Waals surface area contributed by atoms with E-state index in [4.69, 9.17) is 15.2 Å². The van der Waals surface area contributed by atoms with E-state index in [1.165, 1.54) is 0 Å². The van der Waals surface area contributed by atoms with Crippen LogP contribution in [0.25, 0.3) is 10.2 Å². The first-order valence-corrected chi connectivity index (χ1v) is 7.09. The van der Waals surface area contributed by atoms with Gasteiger partial charge in [-0.3, -0.25) is 0 Å². The van der Waals surface area contributed by atoms with Crippen molar-refractivity contribution in [2.45, 2.75) is 6.10 Å². The molecule has 0 spiro atoms. The summed E-state index contributed by atoms with van der Waals surface area (Å²) in [6.07, 6.45) is 0.121. The van der Waals surface area contributed by atoms with E-state index in [9.17, 15) is 0 Å². The second kappa shape index (κ2) is 5.32. The van der Waals surface area contributed by atoms with Gasteiger partial charge in [0.25, 0.3) is 0 Å². The van der Waals surface area contributed by atoms with Crippen molar-refractivity contribution in [2.24, 2.45) is 0 Å². The van der Waals surface area contributed by atoms with Crippen LogP contribution in [0, 0.1) is 0 Å². The Morgan fingerprint density at radius 1 is 1.58 bits per heavy atom. The molecule has 102 valence electrons. The van der Waals surface area contributed by atoms with Crippen LogP contribution in [0.5, 0.6) is 0 Å². The average molecular weight is 279 g/mol. The maximum absolute atomic E-state index is 5.80. The van der Waals surface area contributed by atoms with Crippen LogP contribution in [0.3, 0.4) is 0 Å². The van der Waals surface area contributed by atoms with E-state index >= 15 is 0 Å². The van der Waals surface area contributed by atoms with Gasteiger partial charge < -0.3 is 20.1 Å². The smallest absolute Gasteiger partial charge is 0.186 e. The zero-order valence-electron chi connectivity index (χ0n) is 10.8. The molecule has 5 nitrogen and oxygen atoms in total. The number of thiazole rings is 1. The van der Waals surface area contributed by atoms with Gasteiger partial charge >= 0.3 is 0 Å². The van der Waals surface area contributed by atoms with Crippen LogP contribution >= 0.6 is 11.3 Å². The number of aromatic nitrogens is 1. The lowest BCUT2D eigenvalue weighted by molar-refractivity contribution is -0.0100. The minimum atomic E-state index is 0.121. The zero-order valence-corrected chi connectivity index (χ0v) is 11.7. The van der Waals surface area contributed by atoms with Gasteiger partial charge in [0, 0.05) is 25.9 Å². The van der Waals surface area contributed by atoms with E-state index < -0.39 is 0 Å². The van der Waals surface area contributed by atoms with Gasteiger partial charge in [-0.25, -0.2) is 4.98 Å². The number of methoxy groups -OCH3 is 1. The van der Waals surface area contributed by atoms with Gasteiger partial charge in [-0.2, -0.15) is 0 Å². The minimum Gasteiger partial charge on any atom is -0.399 e. The van der Waals surface area contributed by atoms with Crippen LogP contribution in [0.15, 0.2) is 18.2 Å². The van der Waals surface area contributed by atoms with Crippen LogP contribution in [0.4, 0.5) is 10.8 Å². The highest BCUT2D eigenvalue weighted by molar-refractivity contribution is 7.22. The summed E-state index contributed by atoms with van der Waals surface area (Å²) in [5.74, 6) is 0. The Morgan fingerprint density at radius 3 is 3.32 bits per heavy atom. The van der Waals surface area contributed by atoms with Crippen molar-refractivity contribution in [1.29, 1.82) is 0 Å². The quantitative estimate of drug-likeness (QED) is 0.867. The molecule has 1 fully saturated rings. The summed E-state index contributed by atoms with van der Waals surface area (Å²) in [6, 6.07) is 5.83. The van der Waals surface area contributed by atoms with Crippen molar-refractivity contribution >= 4 is 32.4 Å². The van der Waals surface area contributed by atoms with E-state index in [1.807, 2.05) is 18.2 Å².